The normalized spacial score (nSPS) is 17.1. The first-order valence-electron chi connectivity index (χ1n) is 7.62. The second kappa shape index (κ2) is 10.1. The van der Waals surface area contributed by atoms with E-state index in [-0.39, 0.29) is 54.6 Å². The van der Waals surface area contributed by atoms with Crippen molar-refractivity contribution in [2.24, 2.45) is 0 Å². The van der Waals surface area contributed by atoms with Crippen molar-refractivity contribution >= 4 is 35.4 Å². The van der Waals surface area contributed by atoms with Crippen LogP contribution in [0.5, 0.6) is 0 Å². The number of carbonyl (C=O) groups is 4. The molecule has 1 unspecified atom stereocenters. The molecule has 1 saturated heterocycles. The Morgan fingerprint density at radius 1 is 1.29 bits per heavy atom. The van der Waals surface area contributed by atoms with Crippen LogP contribution >= 0.6 is 11.8 Å². The van der Waals surface area contributed by atoms with Crippen molar-refractivity contribution in [3.8, 4) is 0 Å². The Balaban J connectivity index is 2.31. The Bertz CT molecular complexity index is 523. The molecule has 8 nitrogen and oxygen atoms in total. The summed E-state index contributed by atoms with van der Waals surface area (Å²) in [6, 6.07) is 0. The fraction of sp³-hybridized carbons (Fsp3) is 0.600. The molecule has 0 bridgehead atoms. The average Bonchev–Trinajstić information content (AvgIpc) is 2.79. The number of nitrogens with one attached hydrogen (secondary N) is 2. The van der Waals surface area contributed by atoms with Gasteiger partial charge in [0.15, 0.2) is 0 Å². The highest BCUT2D eigenvalue weighted by Gasteiger charge is 2.37. The van der Waals surface area contributed by atoms with E-state index >= 15 is 0 Å². The zero-order valence-corrected chi connectivity index (χ0v) is 14.7. The minimum atomic E-state index is -0.432. The minimum Gasteiger partial charge on any atom is -0.381 e. The number of hydrogen-bond donors (Lipinski definition) is 2. The van der Waals surface area contributed by atoms with Crippen LogP contribution in [0.15, 0.2) is 12.4 Å². The topological polar surface area (TPSA) is 105 Å². The van der Waals surface area contributed by atoms with Gasteiger partial charge < -0.3 is 15.4 Å². The fourth-order valence-corrected chi connectivity index (χ4v) is 2.73. The number of nitrogens with zero attached hydrogens (tertiary/aromatic N) is 1. The summed E-state index contributed by atoms with van der Waals surface area (Å²) in [5.74, 6) is -1.22. The third-order valence-electron chi connectivity index (χ3n) is 3.31. The van der Waals surface area contributed by atoms with Crippen molar-refractivity contribution in [2.75, 3.05) is 26.0 Å². The lowest BCUT2D eigenvalue weighted by Crippen LogP contribution is -2.38. The second-order valence-corrected chi connectivity index (χ2v) is 6.12. The van der Waals surface area contributed by atoms with Crippen molar-refractivity contribution in [2.45, 2.75) is 31.4 Å². The number of imide groups is 1. The summed E-state index contributed by atoms with van der Waals surface area (Å²) in [4.78, 5) is 48.1. The molecule has 1 aliphatic heterocycles. The molecule has 1 rings (SSSR count). The predicted molar refractivity (Wildman–Crippen MR) is 89.8 cm³/mol. The lowest BCUT2D eigenvalue weighted by Gasteiger charge is -2.15. The average molecular weight is 357 g/mol. The van der Waals surface area contributed by atoms with Crippen molar-refractivity contribution in [1.82, 2.24) is 15.5 Å². The highest BCUT2D eigenvalue weighted by Crippen LogP contribution is 2.22. The molecule has 0 aromatic rings. The molecule has 0 aliphatic carbocycles. The van der Waals surface area contributed by atoms with Crippen LogP contribution in [0.2, 0.25) is 0 Å². The molecule has 24 heavy (non-hydrogen) atoms. The van der Waals surface area contributed by atoms with Crippen LogP contribution in [-0.4, -0.2) is 59.8 Å². The molecule has 0 aromatic carbocycles. The van der Waals surface area contributed by atoms with E-state index in [2.05, 4.69) is 17.2 Å². The van der Waals surface area contributed by atoms with Gasteiger partial charge in [-0.25, -0.2) is 0 Å². The number of hydrogen-bond acceptors (Lipinski definition) is 6. The minimum absolute atomic E-state index is 0.0200. The molecule has 0 aromatic heterocycles. The summed E-state index contributed by atoms with van der Waals surface area (Å²) in [7, 11) is 0. The maximum atomic E-state index is 11.9. The highest BCUT2D eigenvalue weighted by atomic mass is 32.2. The van der Waals surface area contributed by atoms with Crippen molar-refractivity contribution in [1.29, 1.82) is 0 Å². The Kier molecular flexibility index (Phi) is 8.48. The maximum Gasteiger partial charge on any atom is 0.242 e. The number of likely N-dealkylation sites (tertiary alicyclic amines) is 1. The zero-order valence-electron chi connectivity index (χ0n) is 13.9. The quantitative estimate of drug-likeness (QED) is 0.421. The summed E-state index contributed by atoms with van der Waals surface area (Å²) < 4.78 is 5.05. The lowest BCUT2D eigenvalue weighted by atomic mass is 10.3. The third-order valence-corrected chi connectivity index (χ3v) is 4.25. The molecule has 9 heteroatoms. The van der Waals surface area contributed by atoms with Gasteiger partial charge in [-0.05, 0) is 13.2 Å². The first-order valence-corrected chi connectivity index (χ1v) is 8.91. The zero-order chi connectivity index (χ0) is 18.1. The fourth-order valence-electron chi connectivity index (χ4n) is 2.09. The standard InChI is InChI=1S/C15H23N3O5S/c1-4-23-8-6-13(20)17-10(2)16-12(19)5-7-18-14(21)9-11(24-3)15(18)22/h11H,2,4-9H2,1,3H3,(H,16,19)(H,17,20). The highest BCUT2D eigenvalue weighted by molar-refractivity contribution is 8.00. The molecule has 0 saturated carbocycles. The summed E-state index contributed by atoms with van der Waals surface area (Å²) in [5, 5.41) is 4.49. The van der Waals surface area contributed by atoms with E-state index in [9.17, 15) is 19.2 Å². The SMILES string of the molecule is C=C(NC(=O)CCOCC)NC(=O)CCN1C(=O)CC(SC)C1=O. The van der Waals surface area contributed by atoms with Gasteiger partial charge in [0.2, 0.25) is 23.6 Å². The van der Waals surface area contributed by atoms with E-state index in [0.717, 1.165) is 4.90 Å². The molecule has 0 radical (unpaired) electrons. The van der Waals surface area contributed by atoms with Gasteiger partial charge in [-0.3, -0.25) is 24.1 Å². The van der Waals surface area contributed by atoms with E-state index in [1.807, 2.05) is 6.92 Å². The van der Waals surface area contributed by atoms with Crippen molar-refractivity contribution < 1.29 is 23.9 Å². The number of rotatable bonds is 10. The van der Waals surface area contributed by atoms with Crippen LogP contribution in [0.4, 0.5) is 0 Å². The summed E-state index contributed by atoms with van der Waals surface area (Å²) in [6.07, 6.45) is 2.05. The van der Waals surface area contributed by atoms with Crippen LogP contribution in [0.25, 0.3) is 0 Å². The Labute approximate surface area is 145 Å². The summed E-state index contributed by atoms with van der Waals surface area (Å²) in [6.45, 7) is 6.21. The molecule has 0 spiro atoms. The number of carbonyl (C=O) groups excluding carboxylic acids is 4. The van der Waals surface area contributed by atoms with Gasteiger partial charge in [-0.1, -0.05) is 6.58 Å². The molecule has 1 heterocycles. The Morgan fingerprint density at radius 2 is 1.92 bits per heavy atom. The lowest BCUT2D eigenvalue weighted by molar-refractivity contribution is -0.138. The van der Waals surface area contributed by atoms with Crippen molar-refractivity contribution in [3.63, 3.8) is 0 Å². The van der Waals surface area contributed by atoms with Crippen LogP contribution < -0.4 is 10.6 Å². The second-order valence-electron chi connectivity index (χ2n) is 5.08. The first kappa shape index (κ1) is 20.2. The maximum absolute atomic E-state index is 11.9. The number of ether oxygens (including phenoxy) is 1. The largest absolute Gasteiger partial charge is 0.381 e. The monoisotopic (exact) mass is 357 g/mol. The van der Waals surface area contributed by atoms with Gasteiger partial charge >= 0.3 is 0 Å². The van der Waals surface area contributed by atoms with Gasteiger partial charge in [-0.2, -0.15) is 11.8 Å². The van der Waals surface area contributed by atoms with Crippen LogP contribution in [0.3, 0.4) is 0 Å². The molecule has 2 N–H and O–H groups in total. The van der Waals surface area contributed by atoms with Gasteiger partial charge in [0, 0.05) is 26.0 Å². The molecule has 4 amide bonds. The van der Waals surface area contributed by atoms with Crippen LogP contribution in [0, 0.1) is 0 Å². The van der Waals surface area contributed by atoms with Gasteiger partial charge in [0.05, 0.1) is 18.3 Å². The van der Waals surface area contributed by atoms with Gasteiger partial charge in [0.25, 0.3) is 0 Å². The first-order chi connectivity index (χ1) is 11.4. The van der Waals surface area contributed by atoms with Crippen molar-refractivity contribution in [3.05, 3.63) is 12.4 Å². The Hall–Kier alpha value is -1.87. The summed E-state index contributed by atoms with van der Waals surface area (Å²) >= 11 is 1.32. The van der Waals surface area contributed by atoms with E-state index in [4.69, 9.17) is 4.74 Å². The molecule has 1 aliphatic rings. The van der Waals surface area contributed by atoms with E-state index < -0.39 is 5.91 Å². The van der Waals surface area contributed by atoms with E-state index in [1.54, 1.807) is 6.26 Å². The Morgan fingerprint density at radius 3 is 2.46 bits per heavy atom. The number of thioether (sulfide) groups is 1. The summed E-state index contributed by atoms with van der Waals surface area (Å²) in [5.41, 5.74) is 0. The van der Waals surface area contributed by atoms with Gasteiger partial charge in [0.1, 0.15) is 5.82 Å². The predicted octanol–water partition coefficient (Wildman–Crippen LogP) is -0.00280. The van der Waals surface area contributed by atoms with E-state index in [0.29, 0.717) is 13.2 Å². The smallest absolute Gasteiger partial charge is 0.242 e. The molecular formula is C15H23N3O5S. The molecule has 1 atom stereocenters. The third kappa shape index (κ3) is 6.32. The molecule has 134 valence electrons. The number of amides is 4. The van der Waals surface area contributed by atoms with Crippen LogP contribution in [-0.2, 0) is 23.9 Å². The van der Waals surface area contributed by atoms with Gasteiger partial charge in [-0.15, -0.1) is 0 Å². The van der Waals surface area contributed by atoms with E-state index in [1.165, 1.54) is 11.8 Å². The molecular weight excluding hydrogens is 334 g/mol. The van der Waals surface area contributed by atoms with Crippen LogP contribution in [0.1, 0.15) is 26.2 Å². The molecule has 1 fully saturated rings.